The van der Waals surface area contributed by atoms with Gasteiger partial charge in [-0.15, -0.1) is 0 Å². The van der Waals surface area contributed by atoms with Crippen molar-refractivity contribution in [2.45, 2.75) is 64.9 Å². The first-order valence-electron chi connectivity index (χ1n) is 12.8. The normalized spacial score (nSPS) is 14.4. The molecule has 10 heteroatoms. The molecule has 0 radical (unpaired) electrons. The minimum Gasteiger partial charge on any atom is -0.490 e. The first-order chi connectivity index (χ1) is 18.3. The van der Waals surface area contributed by atoms with Crippen LogP contribution < -0.4 is 15.0 Å². The standard InChI is InChI=1S/C28H31BrClN3O5/c1-4-36-22-14-19(24(29)25(30)26(22)37-16-23(34)38-17(2)3)15-31-33-27(18-10-6-5-7-11-18)32-21-13-9-8-12-20(21)28(33)35/h8-9,12-15,17-18H,4-7,10-11,16H2,1-3H3. The van der Waals surface area contributed by atoms with Gasteiger partial charge in [-0.25, -0.2) is 9.78 Å². The van der Waals surface area contributed by atoms with E-state index in [0.29, 0.717) is 39.1 Å². The van der Waals surface area contributed by atoms with Crippen LogP contribution in [-0.2, 0) is 9.53 Å². The highest BCUT2D eigenvalue weighted by Gasteiger charge is 2.23. The molecular weight excluding hydrogens is 574 g/mol. The third-order valence-electron chi connectivity index (χ3n) is 6.22. The summed E-state index contributed by atoms with van der Waals surface area (Å²) in [5, 5.41) is 5.32. The van der Waals surface area contributed by atoms with Gasteiger partial charge in [0, 0.05) is 16.0 Å². The Hall–Kier alpha value is -2.91. The van der Waals surface area contributed by atoms with E-state index in [1.807, 2.05) is 25.1 Å². The van der Waals surface area contributed by atoms with E-state index in [1.54, 1.807) is 32.2 Å². The smallest absolute Gasteiger partial charge is 0.344 e. The van der Waals surface area contributed by atoms with Gasteiger partial charge in [0.05, 0.1) is 29.8 Å². The molecule has 0 aliphatic heterocycles. The number of carbonyl (C=O) groups is 1. The van der Waals surface area contributed by atoms with Crippen LogP contribution in [0, 0.1) is 0 Å². The molecule has 1 aliphatic carbocycles. The highest BCUT2D eigenvalue weighted by Crippen LogP contribution is 2.42. The van der Waals surface area contributed by atoms with Crippen LogP contribution in [-0.4, -0.2) is 41.2 Å². The van der Waals surface area contributed by atoms with Crippen molar-refractivity contribution in [2.24, 2.45) is 5.10 Å². The Balaban J connectivity index is 1.73. The fourth-order valence-corrected chi connectivity index (χ4v) is 5.17. The fourth-order valence-electron chi connectivity index (χ4n) is 4.52. The molecule has 0 saturated heterocycles. The zero-order chi connectivity index (χ0) is 27.2. The van der Waals surface area contributed by atoms with Gasteiger partial charge in [-0.3, -0.25) is 4.79 Å². The summed E-state index contributed by atoms with van der Waals surface area (Å²) in [7, 11) is 0. The molecule has 8 nitrogen and oxygen atoms in total. The summed E-state index contributed by atoms with van der Waals surface area (Å²) >= 11 is 10.1. The molecule has 1 aliphatic rings. The van der Waals surface area contributed by atoms with Crippen LogP contribution in [0.3, 0.4) is 0 Å². The van der Waals surface area contributed by atoms with E-state index in [9.17, 15) is 9.59 Å². The topological polar surface area (TPSA) is 92.0 Å². The second-order valence-corrected chi connectivity index (χ2v) is 10.5. The molecule has 0 N–H and O–H groups in total. The van der Waals surface area contributed by atoms with E-state index >= 15 is 0 Å². The Morgan fingerprint density at radius 2 is 1.97 bits per heavy atom. The van der Waals surface area contributed by atoms with Crippen LogP contribution in [0.25, 0.3) is 10.9 Å². The van der Waals surface area contributed by atoms with E-state index < -0.39 is 5.97 Å². The molecule has 0 spiro atoms. The quantitative estimate of drug-likeness (QED) is 0.205. The SMILES string of the molecule is CCOc1cc(C=Nn2c(C3CCCCC3)nc3ccccc3c2=O)c(Br)c(Cl)c1OCC(=O)OC(C)C. The van der Waals surface area contributed by atoms with Gasteiger partial charge in [0.1, 0.15) is 10.8 Å². The van der Waals surface area contributed by atoms with Crippen molar-refractivity contribution in [1.29, 1.82) is 0 Å². The van der Waals surface area contributed by atoms with Crippen LogP contribution in [0.5, 0.6) is 11.5 Å². The number of nitrogens with zero attached hydrogens (tertiary/aromatic N) is 3. The number of fused-ring (bicyclic) bond motifs is 1. The van der Waals surface area contributed by atoms with E-state index in [0.717, 1.165) is 25.7 Å². The van der Waals surface area contributed by atoms with E-state index in [-0.39, 0.29) is 35.0 Å². The van der Waals surface area contributed by atoms with E-state index in [4.69, 9.17) is 30.8 Å². The first-order valence-corrected chi connectivity index (χ1v) is 14.0. The highest BCUT2D eigenvalue weighted by atomic mass is 79.9. The molecule has 0 unspecified atom stereocenters. The average molecular weight is 605 g/mol. The van der Waals surface area contributed by atoms with Gasteiger partial charge >= 0.3 is 5.97 Å². The molecule has 202 valence electrons. The summed E-state index contributed by atoms with van der Waals surface area (Å²) in [4.78, 5) is 30.4. The van der Waals surface area contributed by atoms with Gasteiger partial charge in [-0.1, -0.05) is 43.0 Å². The number of esters is 1. The highest BCUT2D eigenvalue weighted by molar-refractivity contribution is 9.10. The second-order valence-electron chi connectivity index (χ2n) is 9.36. The lowest BCUT2D eigenvalue weighted by Gasteiger charge is -2.22. The molecule has 38 heavy (non-hydrogen) atoms. The van der Waals surface area contributed by atoms with Crippen LogP contribution in [0.1, 0.15) is 70.2 Å². The predicted octanol–water partition coefficient (Wildman–Crippen LogP) is 6.47. The number of hydrogen-bond donors (Lipinski definition) is 0. The summed E-state index contributed by atoms with van der Waals surface area (Å²) in [6.45, 7) is 5.38. The van der Waals surface area contributed by atoms with Gasteiger partial charge in [0.2, 0.25) is 0 Å². The molecule has 2 aromatic carbocycles. The number of aromatic nitrogens is 2. The molecule has 3 aromatic rings. The summed E-state index contributed by atoms with van der Waals surface area (Å²) in [5.41, 5.74) is 1.03. The lowest BCUT2D eigenvalue weighted by atomic mass is 9.88. The molecule has 0 bridgehead atoms. The molecule has 0 amide bonds. The van der Waals surface area contributed by atoms with Gasteiger partial charge in [-0.05, 0) is 67.7 Å². The number of benzene rings is 2. The monoisotopic (exact) mass is 603 g/mol. The molecule has 4 rings (SSSR count). The van der Waals surface area contributed by atoms with Crippen LogP contribution in [0.15, 0.2) is 44.7 Å². The number of rotatable bonds is 9. The molecule has 1 aromatic heterocycles. The third kappa shape index (κ3) is 6.38. The average Bonchev–Trinajstić information content (AvgIpc) is 2.90. The molecular formula is C28H31BrClN3O5. The van der Waals surface area contributed by atoms with Crippen molar-refractivity contribution in [2.75, 3.05) is 13.2 Å². The lowest BCUT2D eigenvalue weighted by molar-refractivity contribution is -0.149. The van der Waals surface area contributed by atoms with E-state index in [1.165, 1.54) is 11.1 Å². The Morgan fingerprint density at radius 3 is 2.68 bits per heavy atom. The zero-order valence-electron chi connectivity index (χ0n) is 21.7. The lowest BCUT2D eigenvalue weighted by Crippen LogP contribution is -2.25. The number of ether oxygens (including phenoxy) is 3. The van der Waals surface area contributed by atoms with Crippen LogP contribution >= 0.6 is 27.5 Å². The number of hydrogen-bond acceptors (Lipinski definition) is 7. The van der Waals surface area contributed by atoms with Crippen molar-refractivity contribution in [1.82, 2.24) is 9.66 Å². The maximum Gasteiger partial charge on any atom is 0.344 e. The summed E-state index contributed by atoms with van der Waals surface area (Å²) in [6.07, 6.45) is 6.62. The Bertz CT molecular complexity index is 1400. The predicted molar refractivity (Wildman–Crippen MR) is 152 cm³/mol. The zero-order valence-corrected chi connectivity index (χ0v) is 24.0. The molecule has 1 saturated carbocycles. The maximum absolute atomic E-state index is 13.5. The Morgan fingerprint density at radius 1 is 1.24 bits per heavy atom. The van der Waals surface area contributed by atoms with Crippen LogP contribution in [0.2, 0.25) is 5.02 Å². The fraction of sp³-hybridized carbons (Fsp3) is 0.429. The van der Waals surface area contributed by atoms with Gasteiger partial charge < -0.3 is 14.2 Å². The minimum atomic E-state index is -0.515. The van der Waals surface area contributed by atoms with Crippen molar-refractivity contribution < 1.29 is 19.0 Å². The maximum atomic E-state index is 13.5. The summed E-state index contributed by atoms with van der Waals surface area (Å²) in [5.74, 6) is 0.867. The Labute approximate surface area is 235 Å². The number of para-hydroxylation sites is 1. The Kier molecular flexibility index (Phi) is 9.44. The summed E-state index contributed by atoms with van der Waals surface area (Å²) in [6, 6.07) is 9.02. The van der Waals surface area contributed by atoms with Gasteiger partial charge in [-0.2, -0.15) is 9.78 Å². The molecule has 0 atom stereocenters. The first kappa shape index (κ1) is 28.1. The van der Waals surface area contributed by atoms with Gasteiger partial charge in [0.25, 0.3) is 5.56 Å². The third-order valence-corrected chi connectivity index (χ3v) is 7.66. The van der Waals surface area contributed by atoms with Crippen molar-refractivity contribution >= 4 is 50.6 Å². The van der Waals surface area contributed by atoms with Crippen molar-refractivity contribution in [3.8, 4) is 11.5 Å². The van der Waals surface area contributed by atoms with Crippen molar-refractivity contribution in [3.05, 3.63) is 61.6 Å². The number of halogens is 2. The van der Waals surface area contributed by atoms with E-state index in [2.05, 4.69) is 21.0 Å². The largest absolute Gasteiger partial charge is 0.490 e. The second kappa shape index (κ2) is 12.8. The minimum absolute atomic E-state index is 0.158. The summed E-state index contributed by atoms with van der Waals surface area (Å²) < 4.78 is 18.5. The van der Waals surface area contributed by atoms with Crippen LogP contribution in [0.4, 0.5) is 0 Å². The molecule has 1 fully saturated rings. The number of carbonyl (C=O) groups excluding carboxylic acids is 1. The van der Waals surface area contributed by atoms with Crippen molar-refractivity contribution in [3.63, 3.8) is 0 Å². The van der Waals surface area contributed by atoms with Gasteiger partial charge in [0.15, 0.2) is 18.1 Å². The molecule has 1 heterocycles.